The number of aromatic nitrogens is 3. The Labute approximate surface area is 292 Å². The number of benzene rings is 1. The number of aryl methyl sites for hydroxylation is 1. The summed E-state index contributed by atoms with van der Waals surface area (Å²) in [6.45, 7) is 7.65. The van der Waals surface area contributed by atoms with E-state index in [2.05, 4.69) is 20.8 Å². The van der Waals surface area contributed by atoms with Crippen LogP contribution < -0.4 is 15.4 Å². The number of aliphatic hydroxyl groups excluding tert-OH is 1. The molecular formula is C36H40F2N8O3S. The van der Waals surface area contributed by atoms with Crippen molar-refractivity contribution >= 4 is 43.1 Å². The molecule has 8 heterocycles. The van der Waals surface area contributed by atoms with E-state index < -0.39 is 23.6 Å². The number of likely N-dealkylation sites (tertiary alicyclic amines) is 1. The Morgan fingerprint density at radius 2 is 1.98 bits per heavy atom. The molecule has 3 aromatic heterocycles. The predicted molar refractivity (Wildman–Crippen MR) is 186 cm³/mol. The third-order valence-electron chi connectivity index (χ3n) is 11.6. The van der Waals surface area contributed by atoms with Crippen LogP contribution in [0.2, 0.25) is 0 Å². The predicted octanol–water partition coefficient (Wildman–Crippen LogP) is 4.83. The van der Waals surface area contributed by atoms with Crippen molar-refractivity contribution in [2.24, 2.45) is 0 Å². The topological polar surface area (TPSA) is 137 Å². The average molecular weight is 703 g/mol. The number of β-amino-alcohol motifs (C(OH)–C–C–N with tert-alkyl or cyclic N) is 1. The van der Waals surface area contributed by atoms with Crippen LogP contribution in [0, 0.1) is 24.1 Å². The molecule has 0 spiro atoms. The highest BCUT2D eigenvalue weighted by molar-refractivity contribution is 7.23. The summed E-state index contributed by atoms with van der Waals surface area (Å²) >= 11 is 1.30. The number of nitrogens with two attached hydrogens (primary N) is 1. The van der Waals surface area contributed by atoms with E-state index in [9.17, 15) is 14.8 Å². The molecule has 2 unspecified atom stereocenters. The van der Waals surface area contributed by atoms with Crippen LogP contribution in [-0.2, 0) is 18.0 Å². The minimum Gasteiger partial charge on any atom is -0.461 e. The van der Waals surface area contributed by atoms with E-state index in [0.29, 0.717) is 52.4 Å². The summed E-state index contributed by atoms with van der Waals surface area (Å²) in [4.78, 5) is 21.4. The number of ether oxygens (including phenoxy) is 2. The maximum absolute atomic E-state index is 17.6. The van der Waals surface area contributed by atoms with Crippen LogP contribution in [0.1, 0.15) is 61.3 Å². The Morgan fingerprint density at radius 1 is 1.20 bits per heavy atom. The molecule has 262 valence electrons. The number of hydrogen-bond donors (Lipinski definition) is 2. The number of nitriles is 1. The van der Waals surface area contributed by atoms with Crippen molar-refractivity contribution in [3.63, 3.8) is 0 Å². The Balaban J connectivity index is 1.24. The molecule has 3 N–H and O–H groups in total. The second-order valence-corrected chi connectivity index (χ2v) is 15.9. The summed E-state index contributed by atoms with van der Waals surface area (Å²) in [5.41, 5.74) is 9.19. The monoisotopic (exact) mass is 702 g/mol. The van der Waals surface area contributed by atoms with E-state index >= 15 is 4.39 Å². The second-order valence-electron chi connectivity index (χ2n) is 14.9. The first-order valence-corrected chi connectivity index (χ1v) is 18.4. The van der Waals surface area contributed by atoms with Gasteiger partial charge in [0.05, 0.1) is 41.5 Å². The minimum absolute atomic E-state index is 0.0602. The zero-order valence-corrected chi connectivity index (χ0v) is 29.0. The molecule has 14 heteroatoms. The Morgan fingerprint density at radius 3 is 2.74 bits per heavy atom. The van der Waals surface area contributed by atoms with Gasteiger partial charge < -0.3 is 25.2 Å². The molecule has 50 heavy (non-hydrogen) atoms. The molecule has 2 bridgehead atoms. The fourth-order valence-electron chi connectivity index (χ4n) is 9.53. The van der Waals surface area contributed by atoms with Gasteiger partial charge in [0, 0.05) is 66.5 Å². The van der Waals surface area contributed by atoms with Crippen molar-refractivity contribution in [2.75, 3.05) is 50.0 Å². The van der Waals surface area contributed by atoms with Gasteiger partial charge in [0.2, 0.25) is 0 Å². The molecule has 5 atom stereocenters. The highest BCUT2D eigenvalue weighted by Crippen LogP contribution is 2.48. The average Bonchev–Trinajstić information content (AvgIpc) is 3.88. The van der Waals surface area contributed by atoms with Gasteiger partial charge in [-0.1, -0.05) is 0 Å². The van der Waals surface area contributed by atoms with E-state index in [0.717, 1.165) is 61.1 Å². The summed E-state index contributed by atoms with van der Waals surface area (Å²) in [7, 11) is 0. The van der Waals surface area contributed by atoms with E-state index in [1.807, 2.05) is 6.92 Å². The number of anilines is 2. The molecule has 0 aliphatic carbocycles. The van der Waals surface area contributed by atoms with Crippen molar-refractivity contribution in [2.45, 2.75) is 89.1 Å². The van der Waals surface area contributed by atoms with Gasteiger partial charge in [0.15, 0.2) is 5.82 Å². The fourth-order valence-corrected chi connectivity index (χ4v) is 10.5. The zero-order valence-electron chi connectivity index (χ0n) is 28.2. The summed E-state index contributed by atoms with van der Waals surface area (Å²) in [6, 6.07) is 2.50. The molecule has 4 aromatic rings. The van der Waals surface area contributed by atoms with Crippen LogP contribution in [0.5, 0.6) is 6.01 Å². The standard InChI is InChI=1S/C36H40F2N8O3S/c1-18-10-41-30(27-23(9-39)33(40)50-32(18)27)26-24-15-48-16-25(24)28-31(29(26)38)42-35(49-17-36-6-3-7-45(36)12-20(37)8-36)43-34(28)46-21-4-5-22(46)14-44(13-21)11-19(2)47/h10,19-22,47H,3-8,11-17,40H2,1-2H3/t19-,20-,21?,22?,36+/m1/s1. The second kappa shape index (κ2) is 11.9. The van der Waals surface area contributed by atoms with Gasteiger partial charge in [-0.05, 0) is 62.8 Å². The molecule has 4 fully saturated rings. The molecule has 11 nitrogen and oxygen atoms in total. The van der Waals surface area contributed by atoms with Gasteiger partial charge in [-0.15, -0.1) is 11.3 Å². The summed E-state index contributed by atoms with van der Waals surface area (Å²) in [5.74, 6) is 0.0472. The molecule has 4 saturated heterocycles. The lowest BCUT2D eigenvalue weighted by atomic mass is 9.92. The molecule has 5 aliphatic heterocycles. The van der Waals surface area contributed by atoms with Crippen LogP contribution >= 0.6 is 11.3 Å². The molecule has 5 aliphatic rings. The van der Waals surface area contributed by atoms with Crippen LogP contribution in [0.4, 0.5) is 19.6 Å². The normalized spacial score (nSPS) is 27.0. The zero-order chi connectivity index (χ0) is 34.5. The van der Waals surface area contributed by atoms with Gasteiger partial charge in [-0.2, -0.15) is 15.2 Å². The minimum atomic E-state index is -0.911. The fraction of sp³-hybridized carbons (Fsp3) is 0.556. The summed E-state index contributed by atoms with van der Waals surface area (Å²) < 4.78 is 45.5. The number of thiophene rings is 1. The SMILES string of the molecule is Cc1cnc(-c2c3c(c4c(N5C6CCC5CN(C[C@@H](C)O)C6)nc(OC[C@@]56CCCN5C[C@H](F)C6)nc4c2F)COC3)c2c(C#N)c(N)sc12. The number of halogens is 2. The lowest BCUT2D eigenvalue weighted by Gasteiger charge is -2.42. The van der Waals surface area contributed by atoms with Crippen molar-refractivity contribution in [3.05, 3.63) is 34.3 Å². The third-order valence-corrected chi connectivity index (χ3v) is 12.7. The first-order valence-electron chi connectivity index (χ1n) is 17.6. The molecule has 1 aromatic carbocycles. The molecular weight excluding hydrogens is 663 g/mol. The van der Waals surface area contributed by atoms with Gasteiger partial charge in [0.1, 0.15) is 35.2 Å². The number of pyridine rings is 1. The summed E-state index contributed by atoms with van der Waals surface area (Å²) in [5, 5.41) is 21.8. The van der Waals surface area contributed by atoms with Gasteiger partial charge in [-0.25, -0.2) is 8.78 Å². The molecule has 9 rings (SSSR count). The number of nitrogens with zero attached hydrogens (tertiary/aromatic N) is 7. The molecule has 0 amide bonds. The van der Waals surface area contributed by atoms with Gasteiger partial charge >= 0.3 is 6.01 Å². The summed E-state index contributed by atoms with van der Waals surface area (Å²) in [6.07, 6.45) is 4.42. The lowest BCUT2D eigenvalue weighted by Crippen LogP contribution is -2.55. The molecule has 0 saturated carbocycles. The maximum atomic E-state index is 17.6. The largest absolute Gasteiger partial charge is 0.461 e. The number of piperazine rings is 1. The molecule has 0 radical (unpaired) electrons. The van der Waals surface area contributed by atoms with E-state index in [4.69, 9.17) is 30.2 Å². The smallest absolute Gasteiger partial charge is 0.319 e. The van der Waals surface area contributed by atoms with Crippen LogP contribution in [0.15, 0.2) is 6.20 Å². The number of aliphatic hydroxyl groups is 1. The van der Waals surface area contributed by atoms with Gasteiger partial charge in [0.25, 0.3) is 0 Å². The van der Waals surface area contributed by atoms with E-state index in [1.165, 1.54) is 11.3 Å². The van der Waals surface area contributed by atoms with Gasteiger partial charge in [-0.3, -0.25) is 14.8 Å². The van der Waals surface area contributed by atoms with Crippen molar-refractivity contribution in [3.8, 4) is 23.3 Å². The maximum Gasteiger partial charge on any atom is 0.319 e. The highest BCUT2D eigenvalue weighted by Gasteiger charge is 2.50. The van der Waals surface area contributed by atoms with Crippen molar-refractivity contribution in [1.82, 2.24) is 24.8 Å². The highest BCUT2D eigenvalue weighted by atomic mass is 32.1. The number of hydrogen-bond acceptors (Lipinski definition) is 12. The third kappa shape index (κ3) is 4.88. The van der Waals surface area contributed by atoms with E-state index in [1.54, 1.807) is 13.1 Å². The lowest BCUT2D eigenvalue weighted by molar-refractivity contribution is 0.107. The first kappa shape index (κ1) is 32.2. The Kier molecular flexibility index (Phi) is 7.67. The number of rotatable bonds is 7. The number of alkyl halides is 1. The Hall–Kier alpha value is -3.74. The van der Waals surface area contributed by atoms with E-state index in [-0.39, 0.29) is 54.6 Å². The number of nitrogen functional groups attached to an aromatic ring is 1. The van der Waals surface area contributed by atoms with Crippen LogP contribution in [-0.4, -0.2) is 99.1 Å². The van der Waals surface area contributed by atoms with Crippen molar-refractivity contribution in [1.29, 1.82) is 5.26 Å². The first-order chi connectivity index (χ1) is 24.2. The quantitative estimate of drug-likeness (QED) is 0.274. The number of fused-ring (bicyclic) bond motifs is 7. The van der Waals surface area contributed by atoms with Crippen molar-refractivity contribution < 1.29 is 23.4 Å². The Bertz CT molecular complexity index is 2070. The van der Waals surface area contributed by atoms with Crippen LogP contribution in [0.3, 0.4) is 0 Å². The van der Waals surface area contributed by atoms with Crippen LogP contribution in [0.25, 0.3) is 32.2 Å².